The molecule has 0 fully saturated rings. The summed E-state index contributed by atoms with van der Waals surface area (Å²) in [6, 6.07) is 13.6. The summed E-state index contributed by atoms with van der Waals surface area (Å²) in [5, 5.41) is 8.27. The standard InChI is InChI=1S/C20H17ClFN3O3/c21-16-12-15(7-8-17(16)25-19(26)18-2-1-11-28-18)24-20(27)23-10-9-13-3-5-14(22)6-4-13/h1-8,11-12H,9-10H2,(H,25,26)(H2,23,24,27). The second-order valence-electron chi connectivity index (χ2n) is 5.88. The molecule has 2 aromatic carbocycles. The molecule has 0 radical (unpaired) electrons. The molecule has 0 bridgehead atoms. The van der Waals surface area contributed by atoms with E-state index in [0.29, 0.717) is 24.3 Å². The van der Waals surface area contributed by atoms with Crippen molar-refractivity contribution in [2.45, 2.75) is 6.42 Å². The molecule has 3 N–H and O–H groups in total. The van der Waals surface area contributed by atoms with Crippen LogP contribution in [0.3, 0.4) is 0 Å². The predicted octanol–water partition coefficient (Wildman–Crippen LogP) is 4.69. The molecule has 1 heterocycles. The molecule has 8 heteroatoms. The van der Waals surface area contributed by atoms with Gasteiger partial charge in [0.05, 0.1) is 17.0 Å². The van der Waals surface area contributed by atoms with Gasteiger partial charge in [-0.05, 0) is 54.4 Å². The lowest BCUT2D eigenvalue weighted by molar-refractivity contribution is 0.0996. The van der Waals surface area contributed by atoms with Crippen LogP contribution >= 0.6 is 11.6 Å². The summed E-state index contributed by atoms with van der Waals surface area (Å²) in [6.07, 6.45) is 1.98. The van der Waals surface area contributed by atoms with Crippen molar-refractivity contribution in [1.29, 1.82) is 0 Å². The zero-order chi connectivity index (χ0) is 19.9. The van der Waals surface area contributed by atoms with E-state index < -0.39 is 11.9 Å². The molecule has 0 aliphatic carbocycles. The average Bonchev–Trinajstić information content (AvgIpc) is 3.20. The van der Waals surface area contributed by atoms with Crippen molar-refractivity contribution in [1.82, 2.24) is 5.32 Å². The molecule has 3 rings (SSSR count). The molecule has 0 spiro atoms. The highest BCUT2D eigenvalue weighted by Gasteiger charge is 2.11. The Morgan fingerprint density at radius 3 is 2.50 bits per heavy atom. The monoisotopic (exact) mass is 401 g/mol. The topological polar surface area (TPSA) is 83.4 Å². The zero-order valence-electron chi connectivity index (χ0n) is 14.7. The van der Waals surface area contributed by atoms with Crippen LogP contribution in [-0.2, 0) is 6.42 Å². The van der Waals surface area contributed by atoms with Gasteiger partial charge in [-0.2, -0.15) is 0 Å². The highest BCUT2D eigenvalue weighted by Crippen LogP contribution is 2.26. The number of amides is 3. The predicted molar refractivity (Wildman–Crippen MR) is 105 cm³/mol. The maximum absolute atomic E-state index is 12.9. The van der Waals surface area contributed by atoms with E-state index in [2.05, 4.69) is 16.0 Å². The third-order valence-electron chi connectivity index (χ3n) is 3.83. The van der Waals surface area contributed by atoms with E-state index in [9.17, 15) is 14.0 Å². The van der Waals surface area contributed by atoms with Gasteiger partial charge in [-0.25, -0.2) is 9.18 Å². The number of rotatable bonds is 6. The maximum atomic E-state index is 12.9. The quantitative estimate of drug-likeness (QED) is 0.560. The number of anilines is 2. The number of carbonyl (C=O) groups excluding carboxylic acids is 2. The lowest BCUT2D eigenvalue weighted by atomic mass is 10.1. The molecule has 6 nitrogen and oxygen atoms in total. The molecule has 3 aromatic rings. The molecule has 0 atom stereocenters. The van der Waals surface area contributed by atoms with Crippen molar-refractivity contribution in [2.24, 2.45) is 0 Å². The van der Waals surface area contributed by atoms with E-state index in [0.717, 1.165) is 5.56 Å². The minimum absolute atomic E-state index is 0.166. The van der Waals surface area contributed by atoms with Crippen LogP contribution in [0.25, 0.3) is 0 Å². The summed E-state index contributed by atoms with van der Waals surface area (Å²) >= 11 is 6.17. The van der Waals surface area contributed by atoms with Crippen LogP contribution < -0.4 is 16.0 Å². The van der Waals surface area contributed by atoms with Gasteiger partial charge < -0.3 is 20.4 Å². The Morgan fingerprint density at radius 2 is 1.82 bits per heavy atom. The molecule has 3 amide bonds. The third-order valence-corrected chi connectivity index (χ3v) is 4.15. The van der Waals surface area contributed by atoms with Crippen LogP contribution in [0.4, 0.5) is 20.6 Å². The van der Waals surface area contributed by atoms with Crippen LogP contribution in [0.2, 0.25) is 5.02 Å². The van der Waals surface area contributed by atoms with E-state index in [-0.39, 0.29) is 16.6 Å². The molecule has 1 aromatic heterocycles. The van der Waals surface area contributed by atoms with Gasteiger partial charge in [0.1, 0.15) is 5.82 Å². The van der Waals surface area contributed by atoms with Gasteiger partial charge in [-0.1, -0.05) is 23.7 Å². The van der Waals surface area contributed by atoms with E-state index in [1.165, 1.54) is 30.5 Å². The Balaban J connectivity index is 1.50. The lowest BCUT2D eigenvalue weighted by Crippen LogP contribution is -2.30. The number of halogens is 2. The van der Waals surface area contributed by atoms with Crippen LogP contribution in [-0.4, -0.2) is 18.5 Å². The second kappa shape index (κ2) is 9.05. The van der Waals surface area contributed by atoms with Crippen LogP contribution in [0, 0.1) is 5.82 Å². The van der Waals surface area contributed by atoms with Crippen molar-refractivity contribution < 1.29 is 18.4 Å². The summed E-state index contributed by atoms with van der Waals surface area (Å²) in [5.74, 6) is -0.555. The van der Waals surface area contributed by atoms with E-state index >= 15 is 0 Å². The molecular formula is C20H17ClFN3O3. The summed E-state index contributed by atoms with van der Waals surface area (Å²) in [6.45, 7) is 0.391. The number of nitrogens with one attached hydrogen (secondary N) is 3. The smallest absolute Gasteiger partial charge is 0.319 e. The van der Waals surface area contributed by atoms with Gasteiger partial charge in [0, 0.05) is 12.2 Å². The summed E-state index contributed by atoms with van der Waals surface area (Å²) in [5.41, 5.74) is 1.78. The molecule has 0 unspecified atom stereocenters. The SMILES string of the molecule is O=C(NCCc1ccc(F)cc1)Nc1ccc(NC(=O)c2ccco2)c(Cl)c1. The van der Waals surface area contributed by atoms with E-state index in [1.807, 2.05) is 0 Å². The third kappa shape index (κ3) is 5.34. The van der Waals surface area contributed by atoms with Crippen molar-refractivity contribution in [3.63, 3.8) is 0 Å². The highest BCUT2D eigenvalue weighted by atomic mass is 35.5. The molecule has 0 aliphatic heterocycles. The fraction of sp³-hybridized carbons (Fsp3) is 0.100. The number of hydrogen-bond acceptors (Lipinski definition) is 3. The summed E-state index contributed by atoms with van der Waals surface area (Å²) in [4.78, 5) is 24.0. The molecule has 0 saturated heterocycles. The van der Waals surface area contributed by atoms with E-state index in [1.54, 1.807) is 30.3 Å². The van der Waals surface area contributed by atoms with Crippen molar-refractivity contribution in [2.75, 3.05) is 17.2 Å². The van der Waals surface area contributed by atoms with E-state index in [4.69, 9.17) is 16.0 Å². The average molecular weight is 402 g/mol. The Hall–Kier alpha value is -3.32. The minimum Gasteiger partial charge on any atom is -0.459 e. The fourth-order valence-electron chi connectivity index (χ4n) is 2.43. The lowest BCUT2D eigenvalue weighted by Gasteiger charge is -2.10. The summed E-state index contributed by atoms with van der Waals surface area (Å²) < 4.78 is 17.9. The van der Waals surface area contributed by atoms with Gasteiger partial charge in [-0.15, -0.1) is 0 Å². The number of furan rings is 1. The first-order valence-corrected chi connectivity index (χ1v) is 8.83. The van der Waals surface area contributed by atoms with Gasteiger partial charge in [0.15, 0.2) is 5.76 Å². The molecule has 144 valence electrons. The van der Waals surface area contributed by atoms with Crippen LogP contribution in [0.15, 0.2) is 65.3 Å². The first-order chi connectivity index (χ1) is 13.5. The number of benzene rings is 2. The zero-order valence-corrected chi connectivity index (χ0v) is 15.4. The fourth-order valence-corrected chi connectivity index (χ4v) is 2.66. The van der Waals surface area contributed by atoms with Gasteiger partial charge in [-0.3, -0.25) is 4.79 Å². The van der Waals surface area contributed by atoms with Gasteiger partial charge >= 0.3 is 6.03 Å². The molecular weight excluding hydrogens is 385 g/mol. The maximum Gasteiger partial charge on any atom is 0.319 e. The highest BCUT2D eigenvalue weighted by molar-refractivity contribution is 6.34. The Morgan fingerprint density at radius 1 is 1.04 bits per heavy atom. The number of hydrogen-bond donors (Lipinski definition) is 3. The second-order valence-corrected chi connectivity index (χ2v) is 6.29. The Bertz CT molecular complexity index is 959. The van der Waals surface area contributed by atoms with Crippen molar-refractivity contribution in [3.8, 4) is 0 Å². The Kier molecular flexibility index (Phi) is 6.29. The minimum atomic E-state index is -0.425. The number of carbonyl (C=O) groups is 2. The van der Waals surface area contributed by atoms with Gasteiger partial charge in [0.2, 0.25) is 0 Å². The molecule has 0 saturated carbocycles. The Labute approximate surface area is 165 Å². The first kappa shape index (κ1) is 19.4. The van der Waals surface area contributed by atoms with Crippen molar-refractivity contribution in [3.05, 3.63) is 83.0 Å². The summed E-state index contributed by atoms with van der Waals surface area (Å²) in [7, 11) is 0. The first-order valence-electron chi connectivity index (χ1n) is 8.45. The number of urea groups is 1. The van der Waals surface area contributed by atoms with Crippen molar-refractivity contribution >= 4 is 34.9 Å². The largest absolute Gasteiger partial charge is 0.459 e. The van der Waals surface area contributed by atoms with Gasteiger partial charge in [0.25, 0.3) is 5.91 Å². The van der Waals surface area contributed by atoms with Crippen LogP contribution in [0.1, 0.15) is 16.1 Å². The normalized spacial score (nSPS) is 10.4. The molecule has 28 heavy (non-hydrogen) atoms. The molecule has 0 aliphatic rings. The van der Waals surface area contributed by atoms with Crippen LogP contribution in [0.5, 0.6) is 0 Å².